The van der Waals surface area contributed by atoms with E-state index in [2.05, 4.69) is 48.6 Å². The Morgan fingerprint density at radius 3 is 2.00 bits per heavy atom. The lowest BCUT2D eigenvalue weighted by Gasteiger charge is -2.09. The maximum atomic E-state index is 3.16. The fraction of sp³-hybridized carbons (Fsp3) is 0.538. The zero-order valence-electron chi connectivity index (χ0n) is 10.1. The van der Waals surface area contributed by atoms with E-state index in [0.29, 0.717) is 0 Å². The maximum Gasteiger partial charge on any atom is 0.00157 e. The zero-order chi connectivity index (χ0) is 11.1. The van der Waals surface area contributed by atoms with E-state index >= 15 is 0 Å². The van der Waals surface area contributed by atoms with Crippen molar-refractivity contribution < 1.29 is 0 Å². The first-order valence-corrected chi connectivity index (χ1v) is 5.59. The van der Waals surface area contributed by atoms with Crippen LogP contribution in [0.5, 0.6) is 0 Å². The van der Waals surface area contributed by atoms with Crippen molar-refractivity contribution in [3.05, 3.63) is 35.4 Å². The van der Waals surface area contributed by atoms with Gasteiger partial charge in [-0.2, -0.15) is 0 Å². The molecule has 0 aromatic heterocycles. The van der Waals surface area contributed by atoms with Crippen LogP contribution in [-0.2, 0) is 12.8 Å². The minimum absolute atomic E-state index is 1.05. The number of likely N-dealkylation sites (N-methyl/N-ethyl adjacent to an activating group) is 2. The lowest BCUT2D eigenvalue weighted by molar-refractivity contribution is 0.413. The summed E-state index contributed by atoms with van der Waals surface area (Å²) in [6.45, 7) is 2.17. The highest BCUT2D eigenvalue weighted by molar-refractivity contribution is 5.23. The molecule has 0 heterocycles. The monoisotopic (exact) mass is 206 g/mol. The number of nitrogens with zero attached hydrogens (tertiary/aromatic N) is 1. The molecule has 84 valence electrons. The number of benzene rings is 1. The average Bonchev–Trinajstić information content (AvgIpc) is 2.25. The maximum absolute atomic E-state index is 3.16. The third-order valence-electron chi connectivity index (χ3n) is 2.53. The minimum Gasteiger partial charge on any atom is -0.319 e. The van der Waals surface area contributed by atoms with Crippen molar-refractivity contribution in [2.45, 2.75) is 12.8 Å². The molecule has 0 aliphatic carbocycles. The van der Waals surface area contributed by atoms with E-state index in [1.807, 2.05) is 7.05 Å². The van der Waals surface area contributed by atoms with E-state index < -0.39 is 0 Å². The van der Waals surface area contributed by atoms with Crippen LogP contribution in [0.25, 0.3) is 0 Å². The lowest BCUT2D eigenvalue weighted by atomic mass is 10.1. The molecule has 1 aromatic carbocycles. The van der Waals surface area contributed by atoms with Gasteiger partial charge in [-0.3, -0.25) is 0 Å². The standard InChI is InChI=1S/C13H22N2/c1-14-10-8-12-4-6-13(7-5-12)9-11-15(2)3/h4-7,14H,8-11H2,1-3H3. The van der Waals surface area contributed by atoms with E-state index in [1.54, 1.807) is 0 Å². The summed E-state index contributed by atoms with van der Waals surface area (Å²) in [4.78, 5) is 2.22. The first-order chi connectivity index (χ1) is 7.22. The molecule has 2 nitrogen and oxygen atoms in total. The van der Waals surface area contributed by atoms with Crippen LogP contribution < -0.4 is 5.32 Å². The molecule has 0 fully saturated rings. The third kappa shape index (κ3) is 4.96. The van der Waals surface area contributed by atoms with Crippen molar-refractivity contribution in [1.82, 2.24) is 10.2 Å². The van der Waals surface area contributed by atoms with Crippen LogP contribution in [0.3, 0.4) is 0 Å². The summed E-state index contributed by atoms with van der Waals surface area (Å²) < 4.78 is 0. The molecule has 0 aliphatic heterocycles. The molecule has 0 saturated carbocycles. The number of hydrogen-bond acceptors (Lipinski definition) is 2. The summed E-state index contributed by atoms with van der Waals surface area (Å²) >= 11 is 0. The molecule has 0 aliphatic rings. The summed E-state index contributed by atoms with van der Waals surface area (Å²) in [7, 11) is 6.22. The van der Waals surface area contributed by atoms with Crippen LogP contribution in [0.1, 0.15) is 11.1 Å². The van der Waals surface area contributed by atoms with Crippen molar-refractivity contribution >= 4 is 0 Å². The summed E-state index contributed by atoms with van der Waals surface area (Å²) in [6, 6.07) is 8.97. The van der Waals surface area contributed by atoms with Gasteiger partial charge >= 0.3 is 0 Å². The first kappa shape index (κ1) is 12.2. The van der Waals surface area contributed by atoms with E-state index in [9.17, 15) is 0 Å². The van der Waals surface area contributed by atoms with Gasteiger partial charge in [0.05, 0.1) is 0 Å². The molecule has 2 heteroatoms. The van der Waals surface area contributed by atoms with Gasteiger partial charge in [-0.1, -0.05) is 24.3 Å². The van der Waals surface area contributed by atoms with Gasteiger partial charge in [-0.05, 0) is 51.7 Å². The summed E-state index contributed by atoms with van der Waals surface area (Å²) in [6.07, 6.45) is 2.25. The van der Waals surface area contributed by atoms with Crippen molar-refractivity contribution in [2.75, 3.05) is 34.2 Å². The Bertz CT molecular complexity index is 264. The van der Waals surface area contributed by atoms with Crippen LogP contribution in [0.4, 0.5) is 0 Å². The summed E-state index contributed by atoms with van der Waals surface area (Å²) in [5.74, 6) is 0. The molecule has 1 N–H and O–H groups in total. The molecule has 1 rings (SSSR count). The second-order valence-electron chi connectivity index (χ2n) is 4.22. The van der Waals surface area contributed by atoms with Crippen LogP contribution >= 0.6 is 0 Å². The van der Waals surface area contributed by atoms with Crippen LogP contribution in [0, 0.1) is 0 Å². The molecule has 0 saturated heterocycles. The Morgan fingerprint density at radius 2 is 1.53 bits per heavy atom. The van der Waals surface area contributed by atoms with E-state index in [4.69, 9.17) is 0 Å². The van der Waals surface area contributed by atoms with Gasteiger partial charge in [0.2, 0.25) is 0 Å². The minimum atomic E-state index is 1.05. The number of hydrogen-bond donors (Lipinski definition) is 1. The van der Waals surface area contributed by atoms with Crippen LogP contribution in [0.2, 0.25) is 0 Å². The Morgan fingerprint density at radius 1 is 1.00 bits per heavy atom. The Balaban J connectivity index is 2.41. The van der Waals surface area contributed by atoms with E-state index in [1.165, 1.54) is 11.1 Å². The molecule has 0 spiro atoms. The molecule has 0 radical (unpaired) electrons. The molecule has 0 amide bonds. The highest BCUT2D eigenvalue weighted by Crippen LogP contribution is 2.05. The van der Waals surface area contributed by atoms with Gasteiger partial charge in [0.15, 0.2) is 0 Å². The van der Waals surface area contributed by atoms with Gasteiger partial charge in [0, 0.05) is 6.54 Å². The lowest BCUT2D eigenvalue weighted by Crippen LogP contribution is -2.15. The van der Waals surface area contributed by atoms with E-state index in [-0.39, 0.29) is 0 Å². The fourth-order valence-corrected chi connectivity index (χ4v) is 1.49. The largest absolute Gasteiger partial charge is 0.319 e. The fourth-order valence-electron chi connectivity index (χ4n) is 1.49. The zero-order valence-corrected chi connectivity index (χ0v) is 10.1. The second-order valence-corrected chi connectivity index (χ2v) is 4.22. The van der Waals surface area contributed by atoms with Crippen LogP contribution in [0.15, 0.2) is 24.3 Å². The molecule has 1 aromatic rings. The highest BCUT2D eigenvalue weighted by Gasteiger charge is 1.96. The van der Waals surface area contributed by atoms with Gasteiger partial charge in [0.25, 0.3) is 0 Å². The highest BCUT2D eigenvalue weighted by atomic mass is 15.0. The predicted molar refractivity (Wildman–Crippen MR) is 66.3 cm³/mol. The van der Waals surface area contributed by atoms with E-state index in [0.717, 1.165) is 25.9 Å². The average molecular weight is 206 g/mol. The normalized spacial score (nSPS) is 10.9. The predicted octanol–water partition coefficient (Wildman–Crippen LogP) is 1.55. The van der Waals surface area contributed by atoms with Gasteiger partial charge in [-0.15, -0.1) is 0 Å². The molecular weight excluding hydrogens is 184 g/mol. The van der Waals surface area contributed by atoms with Crippen molar-refractivity contribution in [3.8, 4) is 0 Å². The van der Waals surface area contributed by atoms with Crippen molar-refractivity contribution in [3.63, 3.8) is 0 Å². The third-order valence-corrected chi connectivity index (χ3v) is 2.53. The van der Waals surface area contributed by atoms with Gasteiger partial charge in [-0.25, -0.2) is 0 Å². The van der Waals surface area contributed by atoms with Crippen LogP contribution in [-0.4, -0.2) is 39.1 Å². The first-order valence-electron chi connectivity index (χ1n) is 5.59. The summed E-state index contributed by atoms with van der Waals surface area (Å²) in [5.41, 5.74) is 2.84. The van der Waals surface area contributed by atoms with Gasteiger partial charge in [0.1, 0.15) is 0 Å². The number of rotatable bonds is 6. The molecule has 15 heavy (non-hydrogen) atoms. The van der Waals surface area contributed by atoms with Crippen molar-refractivity contribution in [2.24, 2.45) is 0 Å². The summed E-state index contributed by atoms with van der Waals surface area (Å²) in [5, 5.41) is 3.16. The quantitative estimate of drug-likeness (QED) is 0.760. The molecule has 0 bridgehead atoms. The SMILES string of the molecule is CNCCc1ccc(CCN(C)C)cc1. The Labute approximate surface area is 93.3 Å². The number of nitrogens with one attached hydrogen (secondary N) is 1. The molecule has 0 atom stereocenters. The second kappa shape index (κ2) is 6.59. The Kier molecular flexibility index (Phi) is 5.37. The topological polar surface area (TPSA) is 15.3 Å². The smallest absolute Gasteiger partial charge is 0.00157 e. The molecule has 0 unspecified atom stereocenters. The molecular formula is C13H22N2. The van der Waals surface area contributed by atoms with Gasteiger partial charge < -0.3 is 10.2 Å². The Hall–Kier alpha value is -0.860. The van der Waals surface area contributed by atoms with Crippen molar-refractivity contribution in [1.29, 1.82) is 0 Å².